The summed E-state index contributed by atoms with van der Waals surface area (Å²) in [5.74, 6) is -2.01. The number of methoxy groups -OCH3 is 1. The van der Waals surface area contributed by atoms with E-state index in [1.54, 1.807) is 28.4 Å². The number of likely N-dealkylation sites (tertiary alicyclic amines) is 1. The fourth-order valence-electron chi connectivity index (χ4n) is 3.15. The zero-order chi connectivity index (χ0) is 20.1. The van der Waals surface area contributed by atoms with Gasteiger partial charge in [-0.25, -0.2) is 0 Å². The molecule has 2 aromatic rings. The molecule has 2 amide bonds. The highest BCUT2D eigenvalue weighted by atomic mass is 32.1. The minimum absolute atomic E-state index is 0.0969. The molecule has 2 atom stereocenters. The molecule has 0 unspecified atom stereocenters. The summed E-state index contributed by atoms with van der Waals surface area (Å²) >= 11 is 1.63. The first-order chi connectivity index (χ1) is 13.5. The number of rotatable bonds is 5. The number of hydrogen-bond donors (Lipinski definition) is 2. The molecule has 8 heteroatoms. The third-order valence-electron chi connectivity index (χ3n) is 4.77. The van der Waals surface area contributed by atoms with Gasteiger partial charge in [-0.3, -0.25) is 14.4 Å². The fraction of sp³-hybridized carbons (Fsp3) is 0.350. The highest BCUT2D eigenvalue weighted by Crippen LogP contribution is 2.25. The second-order valence-corrected chi connectivity index (χ2v) is 7.51. The second kappa shape index (κ2) is 8.99. The van der Waals surface area contributed by atoms with Crippen molar-refractivity contribution in [3.05, 3.63) is 47.3 Å². The number of aliphatic hydroxyl groups excluding tert-OH is 1. The molecule has 148 valence electrons. The maximum atomic E-state index is 12.8. The van der Waals surface area contributed by atoms with Crippen molar-refractivity contribution in [3.8, 4) is 10.4 Å². The van der Waals surface area contributed by atoms with Crippen LogP contribution in [-0.4, -0.2) is 60.6 Å². The molecule has 2 N–H and O–H groups in total. The molecule has 0 aliphatic carbocycles. The highest BCUT2D eigenvalue weighted by molar-refractivity contribution is 7.13. The maximum absolute atomic E-state index is 12.8. The van der Waals surface area contributed by atoms with Gasteiger partial charge in [0.1, 0.15) is 6.54 Å². The van der Waals surface area contributed by atoms with E-state index < -0.39 is 23.9 Å². The van der Waals surface area contributed by atoms with Crippen molar-refractivity contribution in [1.29, 1.82) is 0 Å². The van der Waals surface area contributed by atoms with E-state index in [0.717, 1.165) is 10.4 Å². The van der Waals surface area contributed by atoms with E-state index >= 15 is 0 Å². The average molecular weight is 402 g/mol. The van der Waals surface area contributed by atoms with Crippen molar-refractivity contribution in [1.82, 2.24) is 10.2 Å². The number of aliphatic hydroxyl groups is 1. The summed E-state index contributed by atoms with van der Waals surface area (Å²) in [6.45, 7) is 0.198. The molecular formula is C20H22N2O5S. The fourth-order valence-corrected chi connectivity index (χ4v) is 3.88. The quantitative estimate of drug-likeness (QED) is 0.740. The molecule has 1 aromatic heterocycles. The number of amides is 2. The normalized spacial score (nSPS) is 19.1. The van der Waals surface area contributed by atoms with Crippen LogP contribution in [0.4, 0.5) is 0 Å². The first-order valence-corrected chi connectivity index (χ1v) is 9.83. The molecule has 1 aliphatic rings. The summed E-state index contributed by atoms with van der Waals surface area (Å²) in [7, 11) is 1.23. The van der Waals surface area contributed by atoms with Crippen molar-refractivity contribution < 1.29 is 24.2 Å². The Morgan fingerprint density at radius 2 is 2.00 bits per heavy atom. The van der Waals surface area contributed by atoms with E-state index in [4.69, 9.17) is 0 Å². The summed E-state index contributed by atoms with van der Waals surface area (Å²) in [6, 6.07) is 11.3. The van der Waals surface area contributed by atoms with Crippen LogP contribution in [0.5, 0.6) is 0 Å². The van der Waals surface area contributed by atoms with E-state index in [9.17, 15) is 19.5 Å². The largest absolute Gasteiger partial charge is 0.468 e. The lowest BCUT2D eigenvalue weighted by atomic mass is 9.93. The predicted octanol–water partition coefficient (Wildman–Crippen LogP) is 1.53. The van der Waals surface area contributed by atoms with Gasteiger partial charge in [-0.1, -0.05) is 18.2 Å². The molecule has 0 radical (unpaired) electrons. The van der Waals surface area contributed by atoms with Crippen molar-refractivity contribution in [2.45, 2.75) is 12.5 Å². The van der Waals surface area contributed by atoms with Crippen LogP contribution in [0, 0.1) is 5.92 Å². The van der Waals surface area contributed by atoms with Crippen molar-refractivity contribution in [2.75, 3.05) is 26.7 Å². The Hall–Kier alpha value is -2.71. The predicted molar refractivity (Wildman–Crippen MR) is 105 cm³/mol. The minimum Gasteiger partial charge on any atom is -0.468 e. The molecule has 0 saturated carbocycles. The molecule has 0 bridgehead atoms. The molecule has 1 aromatic carbocycles. The zero-order valence-electron chi connectivity index (χ0n) is 15.5. The highest BCUT2D eigenvalue weighted by Gasteiger charge is 2.35. The Morgan fingerprint density at radius 1 is 1.25 bits per heavy atom. The van der Waals surface area contributed by atoms with E-state index in [-0.39, 0.29) is 19.0 Å². The van der Waals surface area contributed by atoms with Crippen LogP contribution in [0.2, 0.25) is 0 Å². The van der Waals surface area contributed by atoms with E-state index in [1.165, 1.54) is 7.11 Å². The first-order valence-electron chi connectivity index (χ1n) is 8.95. The molecule has 1 saturated heterocycles. The summed E-state index contributed by atoms with van der Waals surface area (Å²) < 4.78 is 4.49. The topological polar surface area (TPSA) is 95.9 Å². The third-order valence-corrected chi connectivity index (χ3v) is 5.69. The molecule has 1 aliphatic heterocycles. The summed E-state index contributed by atoms with van der Waals surface area (Å²) in [6.07, 6.45) is -0.558. The van der Waals surface area contributed by atoms with Crippen molar-refractivity contribution >= 4 is 29.1 Å². The van der Waals surface area contributed by atoms with Gasteiger partial charge >= 0.3 is 5.97 Å². The van der Waals surface area contributed by atoms with Gasteiger partial charge < -0.3 is 20.1 Å². The smallest absolute Gasteiger partial charge is 0.325 e. The molecule has 0 spiro atoms. The van der Waals surface area contributed by atoms with Crippen LogP contribution in [0.25, 0.3) is 10.4 Å². The van der Waals surface area contributed by atoms with Crippen molar-refractivity contribution in [2.24, 2.45) is 5.92 Å². The maximum Gasteiger partial charge on any atom is 0.325 e. The van der Waals surface area contributed by atoms with Gasteiger partial charge in [0.15, 0.2) is 0 Å². The number of hydrogen-bond acceptors (Lipinski definition) is 6. The number of piperidine rings is 1. The van der Waals surface area contributed by atoms with Gasteiger partial charge in [0.2, 0.25) is 5.91 Å². The Bertz CT molecular complexity index is 835. The number of carbonyl (C=O) groups is 3. The Morgan fingerprint density at radius 3 is 2.64 bits per heavy atom. The number of nitrogens with one attached hydrogen (secondary N) is 1. The number of carbonyl (C=O) groups excluding carboxylic acids is 3. The summed E-state index contributed by atoms with van der Waals surface area (Å²) in [5.41, 5.74) is 1.58. The van der Waals surface area contributed by atoms with E-state index in [2.05, 4.69) is 10.1 Å². The lowest BCUT2D eigenvalue weighted by molar-refractivity contribution is -0.142. The van der Waals surface area contributed by atoms with Gasteiger partial charge in [0.05, 0.1) is 19.1 Å². The average Bonchev–Trinajstić information content (AvgIpc) is 3.26. The number of esters is 1. The standard InChI is InChI=1S/C20H22N2O5S/c1-27-18(24)11-21-19(25)15-12-22(9-8-16(15)23)20(26)14-6-4-13(5-7-14)17-3-2-10-28-17/h2-7,10,15-16,23H,8-9,11-12H2,1H3,(H,21,25)/t15-,16+/m0/s1. The summed E-state index contributed by atoms with van der Waals surface area (Å²) in [5, 5.41) is 14.6. The SMILES string of the molecule is COC(=O)CNC(=O)[C@H]1CN(C(=O)c2ccc(-c3cccs3)cc2)CC[C@H]1O. The van der Waals surface area contributed by atoms with Crippen LogP contribution < -0.4 is 5.32 Å². The molecule has 1 fully saturated rings. The first kappa shape index (κ1) is 20.0. The lowest BCUT2D eigenvalue weighted by Crippen LogP contribution is -2.52. The monoisotopic (exact) mass is 402 g/mol. The van der Waals surface area contributed by atoms with Crippen LogP contribution in [-0.2, 0) is 14.3 Å². The van der Waals surface area contributed by atoms with Gasteiger partial charge in [0.25, 0.3) is 5.91 Å². The Labute approximate surface area is 166 Å². The molecule has 28 heavy (non-hydrogen) atoms. The Balaban J connectivity index is 1.65. The molecule has 3 rings (SSSR count). The lowest BCUT2D eigenvalue weighted by Gasteiger charge is -2.35. The van der Waals surface area contributed by atoms with Gasteiger partial charge in [-0.15, -0.1) is 11.3 Å². The Kier molecular flexibility index (Phi) is 6.43. The van der Waals surface area contributed by atoms with Crippen LogP contribution in [0.15, 0.2) is 41.8 Å². The molecule has 7 nitrogen and oxygen atoms in total. The van der Waals surface area contributed by atoms with Crippen LogP contribution in [0.3, 0.4) is 0 Å². The van der Waals surface area contributed by atoms with Crippen LogP contribution in [0.1, 0.15) is 16.8 Å². The molecular weight excluding hydrogens is 380 g/mol. The van der Waals surface area contributed by atoms with Crippen LogP contribution >= 0.6 is 11.3 Å². The zero-order valence-corrected chi connectivity index (χ0v) is 16.3. The minimum atomic E-state index is -0.858. The summed E-state index contributed by atoms with van der Waals surface area (Å²) in [4.78, 5) is 39.0. The second-order valence-electron chi connectivity index (χ2n) is 6.56. The van der Waals surface area contributed by atoms with Gasteiger partial charge in [-0.05, 0) is 35.6 Å². The van der Waals surface area contributed by atoms with E-state index in [0.29, 0.717) is 18.5 Å². The van der Waals surface area contributed by atoms with Gasteiger partial charge in [0, 0.05) is 23.5 Å². The number of thiophene rings is 1. The molecule has 2 heterocycles. The third kappa shape index (κ3) is 4.58. The number of benzene rings is 1. The number of nitrogens with zero attached hydrogens (tertiary/aromatic N) is 1. The van der Waals surface area contributed by atoms with E-state index in [1.807, 2.05) is 29.6 Å². The number of ether oxygens (including phenoxy) is 1. The van der Waals surface area contributed by atoms with Crippen molar-refractivity contribution in [3.63, 3.8) is 0 Å². The van der Waals surface area contributed by atoms with Gasteiger partial charge in [-0.2, -0.15) is 0 Å².